The molecule has 0 atom stereocenters. The van der Waals surface area contributed by atoms with Crippen molar-refractivity contribution in [2.24, 2.45) is 0 Å². The number of nitrogens with zero attached hydrogens (tertiary/aromatic N) is 1. The first-order valence-electron chi connectivity index (χ1n) is 9.54. The molecule has 3 rings (SSSR count). The second-order valence-corrected chi connectivity index (χ2v) is 9.18. The molecule has 1 saturated heterocycles. The molecule has 9 heteroatoms. The predicted octanol–water partition coefficient (Wildman–Crippen LogP) is 3.91. The fraction of sp³-hybridized carbons (Fsp3) is 0.381. The second-order valence-electron chi connectivity index (χ2n) is 7.50. The van der Waals surface area contributed by atoms with Gasteiger partial charge in [0, 0.05) is 19.1 Å². The summed E-state index contributed by atoms with van der Waals surface area (Å²) in [6.07, 6.45) is -3.97. The van der Waals surface area contributed by atoms with E-state index in [1.54, 1.807) is 25.1 Å². The van der Waals surface area contributed by atoms with E-state index in [0.717, 1.165) is 11.6 Å². The van der Waals surface area contributed by atoms with Crippen LogP contribution in [0.2, 0.25) is 0 Å². The molecule has 0 bridgehead atoms. The number of alkyl halides is 3. The Kier molecular flexibility index (Phi) is 6.24. The molecule has 1 aliphatic heterocycles. The van der Waals surface area contributed by atoms with Crippen LogP contribution in [0.25, 0.3) is 0 Å². The van der Waals surface area contributed by atoms with E-state index in [1.165, 1.54) is 23.1 Å². The topological polar surface area (TPSA) is 66.5 Å². The van der Waals surface area contributed by atoms with Crippen LogP contribution in [0.15, 0.2) is 47.4 Å². The van der Waals surface area contributed by atoms with Gasteiger partial charge in [0.1, 0.15) is 0 Å². The van der Waals surface area contributed by atoms with Crippen molar-refractivity contribution in [2.45, 2.75) is 43.8 Å². The van der Waals surface area contributed by atoms with Crippen LogP contribution >= 0.6 is 0 Å². The quantitative estimate of drug-likeness (QED) is 0.784. The Morgan fingerprint density at radius 3 is 2.30 bits per heavy atom. The van der Waals surface area contributed by atoms with Crippen molar-refractivity contribution in [1.82, 2.24) is 9.62 Å². The van der Waals surface area contributed by atoms with Crippen LogP contribution in [0.1, 0.15) is 39.9 Å². The van der Waals surface area contributed by atoms with Crippen molar-refractivity contribution in [3.05, 3.63) is 64.7 Å². The molecular weight excluding hydrogens is 417 g/mol. The van der Waals surface area contributed by atoms with Crippen LogP contribution in [0.5, 0.6) is 0 Å². The maximum absolute atomic E-state index is 13.2. The van der Waals surface area contributed by atoms with Gasteiger partial charge in [-0.3, -0.25) is 4.79 Å². The number of sulfonamides is 1. The molecule has 0 aromatic heterocycles. The Morgan fingerprint density at radius 2 is 1.70 bits per heavy atom. The Morgan fingerprint density at radius 1 is 1.07 bits per heavy atom. The molecule has 2 aromatic rings. The summed E-state index contributed by atoms with van der Waals surface area (Å²) < 4.78 is 67.7. The molecule has 0 unspecified atom stereocenters. The van der Waals surface area contributed by atoms with Crippen molar-refractivity contribution in [1.29, 1.82) is 0 Å². The molecule has 5 nitrogen and oxygen atoms in total. The smallest absolute Gasteiger partial charge is 0.339 e. The van der Waals surface area contributed by atoms with Gasteiger partial charge in [-0.25, -0.2) is 13.1 Å². The summed E-state index contributed by atoms with van der Waals surface area (Å²) in [7, 11) is -3.73. The Labute approximate surface area is 173 Å². The van der Waals surface area contributed by atoms with Crippen LogP contribution in [0.3, 0.4) is 0 Å². The summed E-state index contributed by atoms with van der Waals surface area (Å²) in [6, 6.07) is 9.37. The third-order valence-electron chi connectivity index (χ3n) is 5.19. The molecule has 2 aromatic carbocycles. The van der Waals surface area contributed by atoms with Crippen molar-refractivity contribution >= 4 is 15.9 Å². The first-order valence-corrected chi connectivity index (χ1v) is 11.0. The predicted molar refractivity (Wildman–Crippen MR) is 107 cm³/mol. The van der Waals surface area contributed by atoms with E-state index in [-0.39, 0.29) is 23.5 Å². The van der Waals surface area contributed by atoms with Gasteiger partial charge >= 0.3 is 6.18 Å². The molecule has 1 amide bonds. The summed E-state index contributed by atoms with van der Waals surface area (Å²) in [5.74, 6) is -0.696. The van der Waals surface area contributed by atoms with E-state index in [9.17, 15) is 26.4 Å². The molecule has 162 valence electrons. The number of benzene rings is 2. The number of aryl methyl sites for hydroxylation is 2. The summed E-state index contributed by atoms with van der Waals surface area (Å²) >= 11 is 0. The van der Waals surface area contributed by atoms with Gasteiger partial charge in [0.2, 0.25) is 10.0 Å². The van der Waals surface area contributed by atoms with Gasteiger partial charge in [0.15, 0.2) is 0 Å². The van der Waals surface area contributed by atoms with E-state index >= 15 is 0 Å². The van der Waals surface area contributed by atoms with Crippen molar-refractivity contribution in [3.63, 3.8) is 0 Å². The van der Waals surface area contributed by atoms with E-state index in [0.29, 0.717) is 18.4 Å². The maximum Gasteiger partial charge on any atom is 0.417 e. The summed E-state index contributed by atoms with van der Waals surface area (Å²) in [5.41, 5.74) is 0.239. The Hall–Kier alpha value is -2.39. The standard InChI is InChI=1S/C21H23F3N2O3S/c1-14-7-8-19(15(2)13-14)30(28,29)25-16-9-11-26(12-10-16)20(27)17-5-3-4-6-18(17)21(22,23)24/h3-8,13,16,25H,9-12H2,1-2H3. The number of halogens is 3. The highest BCUT2D eigenvalue weighted by molar-refractivity contribution is 7.89. The van der Waals surface area contributed by atoms with E-state index in [1.807, 2.05) is 6.92 Å². The van der Waals surface area contributed by atoms with Crippen molar-refractivity contribution in [3.8, 4) is 0 Å². The number of rotatable bonds is 4. The fourth-order valence-electron chi connectivity index (χ4n) is 3.67. The Balaban J connectivity index is 1.68. The lowest BCUT2D eigenvalue weighted by Crippen LogP contribution is -2.46. The highest BCUT2D eigenvalue weighted by atomic mass is 32.2. The van der Waals surface area contributed by atoms with Crippen molar-refractivity contribution < 1.29 is 26.4 Å². The van der Waals surface area contributed by atoms with E-state index in [2.05, 4.69) is 4.72 Å². The third kappa shape index (κ3) is 4.84. The number of hydrogen-bond acceptors (Lipinski definition) is 3. The molecule has 0 radical (unpaired) electrons. The zero-order valence-corrected chi connectivity index (χ0v) is 17.5. The molecule has 0 saturated carbocycles. The largest absolute Gasteiger partial charge is 0.417 e. The number of carbonyl (C=O) groups excluding carboxylic acids is 1. The number of carbonyl (C=O) groups is 1. The molecule has 1 fully saturated rings. The number of piperidine rings is 1. The fourth-order valence-corrected chi connectivity index (χ4v) is 5.20. The molecular formula is C21H23F3N2O3S. The molecule has 1 N–H and O–H groups in total. The van der Waals surface area contributed by atoms with Crippen LogP contribution in [-0.4, -0.2) is 38.4 Å². The van der Waals surface area contributed by atoms with Crippen molar-refractivity contribution in [2.75, 3.05) is 13.1 Å². The number of nitrogens with one attached hydrogen (secondary N) is 1. The second kappa shape index (κ2) is 8.39. The summed E-state index contributed by atoms with van der Waals surface area (Å²) in [4.78, 5) is 14.2. The summed E-state index contributed by atoms with van der Waals surface area (Å²) in [5, 5.41) is 0. The van der Waals surface area contributed by atoms with Crippen LogP contribution < -0.4 is 4.72 Å². The molecule has 30 heavy (non-hydrogen) atoms. The van der Waals surface area contributed by atoms with Gasteiger partial charge in [-0.2, -0.15) is 13.2 Å². The lowest BCUT2D eigenvalue weighted by molar-refractivity contribution is -0.138. The molecule has 0 aliphatic carbocycles. The maximum atomic E-state index is 13.2. The summed E-state index contributed by atoms with van der Waals surface area (Å²) in [6.45, 7) is 3.94. The molecule has 0 spiro atoms. The average molecular weight is 440 g/mol. The van der Waals surface area contributed by atoms with Gasteiger partial charge in [-0.05, 0) is 50.5 Å². The van der Waals surface area contributed by atoms with Gasteiger partial charge in [-0.15, -0.1) is 0 Å². The molecule has 1 aliphatic rings. The van der Waals surface area contributed by atoms with E-state index < -0.39 is 33.7 Å². The van der Waals surface area contributed by atoms with Gasteiger partial charge < -0.3 is 4.90 Å². The highest BCUT2D eigenvalue weighted by Crippen LogP contribution is 2.32. The number of likely N-dealkylation sites (tertiary alicyclic amines) is 1. The third-order valence-corrected chi connectivity index (χ3v) is 6.87. The highest BCUT2D eigenvalue weighted by Gasteiger charge is 2.36. The SMILES string of the molecule is Cc1ccc(S(=O)(=O)NC2CCN(C(=O)c3ccccc3C(F)(F)F)CC2)c(C)c1. The van der Waals surface area contributed by atoms with Crippen LogP contribution in [-0.2, 0) is 16.2 Å². The average Bonchev–Trinajstić information content (AvgIpc) is 2.67. The zero-order chi connectivity index (χ0) is 22.1. The van der Waals surface area contributed by atoms with Gasteiger partial charge in [-0.1, -0.05) is 29.8 Å². The first-order chi connectivity index (χ1) is 14.0. The van der Waals surface area contributed by atoms with E-state index in [4.69, 9.17) is 0 Å². The Bertz CT molecular complexity index is 1040. The number of amides is 1. The monoisotopic (exact) mass is 440 g/mol. The minimum absolute atomic E-state index is 0.172. The molecule has 1 heterocycles. The lowest BCUT2D eigenvalue weighted by Gasteiger charge is -2.33. The van der Waals surface area contributed by atoms with Crippen LogP contribution in [0, 0.1) is 13.8 Å². The first kappa shape index (κ1) is 22.3. The van der Waals surface area contributed by atoms with Gasteiger partial charge in [0.05, 0.1) is 16.0 Å². The zero-order valence-electron chi connectivity index (χ0n) is 16.7. The minimum Gasteiger partial charge on any atom is -0.339 e. The van der Waals surface area contributed by atoms with Crippen LogP contribution in [0.4, 0.5) is 13.2 Å². The van der Waals surface area contributed by atoms with Gasteiger partial charge in [0.25, 0.3) is 5.91 Å². The lowest BCUT2D eigenvalue weighted by atomic mass is 10.0. The minimum atomic E-state index is -4.62. The normalized spacial score (nSPS) is 16.0. The number of hydrogen-bond donors (Lipinski definition) is 1.